The molecule has 0 atom stereocenters. The van der Waals surface area contributed by atoms with E-state index in [0.717, 1.165) is 56.3 Å². The molecular formula is C58H51F3O9S. The van der Waals surface area contributed by atoms with Gasteiger partial charge in [0.1, 0.15) is 5.75 Å². The van der Waals surface area contributed by atoms with Crippen molar-refractivity contribution in [2.24, 2.45) is 0 Å². The maximum atomic E-state index is 13.0. The van der Waals surface area contributed by atoms with E-state index in [4.69, 9.17) is 25.2 Å². The molecule has 0 amide bonds. The van der Waals surface area contributed by atoms with Gasteiger partial charge in [0, 0.05) is 5.56 Å². The Morgan fingerprint density at radius 1 is 0.394 bits per heavy atom. The van der Waals surface area contributed by atoms with Crippen LogP contribution in [0.4, 0.5) is 13.2 Å². The maximum Gasteiger partial charge on any atom is 0.417 e. The molecule has 8 rings (SSSR count). The second kappa shape index (κ2) is 23.8. The Labute approximate surface area is 413 Å². The lowest BCUT2D eigenvalue weighted by Gasteiger charge is -2.14. The molecule has 0 unspecified atom stereocenters. The summed E-state index contributed by atoms with van der Waals surface area (Å²) >= 11 is 1.66. The van der Waals surface area contributed by atoms with E-state index >= 15 is 0 Å². The lowest BCUT2D eigenvalue weighted by molar-refractivity contribution is -0.137. The van der Waals surface area contributed by atoms with Crippen LogP contribution in [0, 0.1) is 41.5 Å². The van der Waals surface area contributed by atoms with Gasteiger partial charge in [0.25, 0.3) is 0 Å². The molecule has 4 N–H and O–H groups in total. The fraction of sp³-hybridized carbons (Fsp3) is 0.138. The molecule has 0 bridgehead atoms. The number of halogens is 3. The van der Waals surface area contributed by atoms with Gasteiger partial charge in [-0.25, -0.2) is 19.2 Å². The van der Waals surface area contributed by atoms with Gasteiger partial charge >= 0.3 is 30.1 Å². The normalized spacial score (nSPS) is 10.6. The van der Waals surface area contributed by atoms with Crippen LogP contribution in [0.1, 0.15) is 80.4 Å². The van der Waals surface area contributed by atoms with Gasteiger partial charge in [0.05, 0.1) is 34.9 Å². The Hall–Kier alpha value is -8.29. The van der Waals surface area contributed by atoms with Crippen LogP contribution in [0.25, 0.3) is 44.5 Å². The minimum atomic E-state index is -4.45. The van der Waals surface area contributed by atoms with Crippen molar-refractivity contribution in [1.29, 1.82) is 0 Å². The highest BCUT2D eigenvalue weighted by molar-refractivity contribution is 7.08. The van der Waals surface area contributed by atoms with Crippen LogP contribution in [0.2, 0.25) is 0 Å². The molecule has 0 aliphatic carbocycles. The van der Waals surface area contributed by atoms with Gasteiger partial charge in [0.2, 0.25) is 0 Å². The smallest absolute Gasteiger partial charge is 0.417 e. The van der Waals surface area contributed by atoms with Gasteiger partial charge in [-0.1, -0.05) is 84.9 Å². The van der Waals surface area contributed by atoms with E-state index in [1.165, 1.54) is 53.1 Å². The maximum absolute atomic E-state index is 13.0. The Morgan fingerprint density at radius 2 is 0.732 bits per heavy atom. The highest BCUT2D eigenvalue weighted by Gasteiger charge is 2.33. The molecule has 0 aliphatic heterocycles. The van der Waals surface area contributed by atoms with Crippen LogP contribution in [0.3, 0.4) is 0 Å². The molecule has 1 aromatic heterocycles. The minimum absolute atomic E-state index is 0.0504. The van der Waals surface area contributed by atoms with Crippen LogP contribution in [0.5, 0.6) is 5.75 Å². The molecule has 7 aromatic carbocycles. The van der Waals surface area contributed by atoms with Crippen molar-refractivity contribution in [2.45, 2.75) is 47.7 Å². The topological polar surface area (TPSA) is 158 Å². The first-order valence-electron chi connectivity index (χ1n) is 21.9. The van der Waals surface area contributed by atoms with Crippen LogP contribution < -0.4 is 4.74 Å². The van der Waals surface area contributed by atoms with Crippen molar-refractivity contribution in [1.82, 2.24) is 0 Å². The van der Waals surface area contributed by atoms with E-state index in [9.17, 15) is 32.3 Å². The average Bonchev–Trinajstić information content (AvgIpc) is 3.77. The summed E-state index contributed by atoms with van der Waals surface area (Å²) in [7, 11) is 1.62. The lowest BCUT2D eigenvalue weighted by atomic mass is 9.94. The van der Waals surface area contributed by atoms with Crippen molar-refractivity contribution >= 4 is 35.2 Å². The molecule has 0 saturated carbocycles. The first kappa shape index (κ1) is 53.7. The zero-order chi connectivity index (χ0) is 52.2. The number of methoxy groups -OCH3 is 1. The van der Waals surface area contributed by atoms with Gasteiger partial charge in [-0.05, 0) is 185 Å². The first-order valence-corrected chi connectivity index (χ1v) is 22.8. The fourth-order valence-corrected chi connectivity index (χ4v) is 8.59. The van der Waals surface area contributed by atoms with Crippen LogP contribution >= 0.6 is 11.3 Å². The van der Waals surface area contributed by atoms with Crippen molar-refractivity contribution in [3.8, 4) is 50.3 Å². The number of hydrogen-bond donors (Lipinski definition) is 4. The number of carbonyl (C=O) groups is 4. The van der Waals surface area contributed by atoms with Gasteiger partial charge in [-0.2, -0.15) is 24.5 Å². The van der Waals surface area contributed by atoms with Crippen molar-refractivity contribution in [2.75, 3.05) is 7.11 Å². The average molecular weight is 981 g/mol. The van der Waals surface area contributed by atoms with Gasteiger partial charge in [-0.3, -0.25) is 0 Å². The molecule has 9 nitrogen and oxygen atoms in total. The summed E-state index contributed by atoms with van der Waals surface area (Å²) in [5.74, 6) is -3.00. The van der Waals surface area contributed by atoms with Crippen LogP contribution in [-0.4, -0.2) is 51.4 Å². The first-order chi connectivity index (χ1) is 33.6. The molecule has 0 spiro atoms. The predicted octanol–water partition coefficient (Wildman–Crippen LogP) is 15.1. The predicted molar refractivity (Wildman–Crippen MR) is 273 cm³/mol. The molecular weight excluding hydrogens is 930 g/mol. The lowest BCUT2D eigenvalue weighted by Crippen LogP contribution is -2.07. The van der Waals surface area contributed by atoms with Crippen LogP contribution in [0.15, 0.2) is 156 Å². The highest BCUT2D eigenvalue weighted by Crippen LogP contribution is 2.38. The van der Waals surface area contributed by atoms with E-state index in [-0.39, 0.29) is 11.1 Å². The molecule has 13 heteroatoms. The molecule has 8 aromatic rings. The highest BCUT2D eigenvalue weighted by atomic mass is 32.1. The number of ether oxygens (including phenoxy) is 1. The van der Waals surface area contributed by atoms with E-state index in [1.54, 1.807) is 61.8 Å². The molecule has 0 saturated heterocycles. The van der Waals surface area contributed by atoms with E-state index in [0.29, 0.717) is 27.8 Å². The summed E-state index contributed by atoms with van der Waals surface area (Å²) < 4.78 is 44.3. The van der Waals surface area contributed by atoms with Crippen molar-refractivity contribution in [3.63, 3.8) is 0 Å². The molecule has 0 aliphatic rings. The quantitative estimate of drug-likeness (QED) is 0.110. The monoisotopic (exact) mass is 980 g/mol. The number of aromatic carboxylic acids is 4. The molecule has 71 heavy (non-hydrogen) atoms. The number of benzene rings is 7. The zero-order valence-electron chi connectivity index (χ0n) is 39.9. The number of aryl methyl sites for hydroxylation is 6. The standard InChI is InChI=1S/C15H11F3O2.C15H14O3.C15H14O2.C13H12O2S/c1-9-8-10(14(19)20)6-7-11(9)12-4-2-3-5-13(12)15(16,17)18;1-10-9-11(15(16)17)7-8-12(10)13-5-3-4-6-14(13)18-2;1-10-5-3-4-6-13(10)14-8-7-12(15(16)17)9-11(14)2;1-8-5-10(13(14)15)3-4-11(8)12-7-16-6-9(12)2/h2-8H,1H3,(H,19,20);3-9H,1-2H3,(H,16,17);3-9H,1-2H3,(H,16,17);3-7H,1-2H3,(H,14,15). The van der Waals surface area contributed by atoms with Crippen molar-refractivity contribution in [3.05, 3.63) is 218 Å². The Morgan fingerprint density at radius 3 is 1.10 bits per heavy atom. The number of carboxylic acid groups (broad SMARTS) is 4. The number of alkyl halides is 3. The SMILES string of the molecule is COc1ccccc1-c1ccc(C(=O)O)cc1C.Cc1cc(C(=O)O)ccc1-c1ccccc1C(F)(F)F.Cc1cc(C(=O)O)ccc1-c1cscc1C.Cc1ccccc1-c1ccc(C(=O)O)cc1C. The summed E-state index contributed by atoms with van der Waals surface area (Å²) in [6, 6.07) is 40.7. The summed E-state index contributed by atoms with van der Waals surface area (Å²) in [5.41, 5.74) is 13.0. The summed E-state index contributed by atoms with van der Waals surface area (Å²) in [6.45, 7) is 11.5. The summed E-state index contributed by atoms with van der Waals surface area (Å²) in [6.07, 6.45) is -4.45. The van der Waals surface area contributed by atoms with Gasteiger partial charge in [0.15, 0.2) is 0 Å². The largest absolute Gasteiger partial charge is 0.496 e. The third kappa shape index (κ3) is 13.7. The van der Waals surface area contributed by atoms with E-state index in [2.05, 4.69) is 36.7 Å². The second-order valence-corrected chi connectivity index (χ2v) is 17.1. The summed E-state index contributed by atoms with van der Waals surface area (Å²) in [5, 5.41) is 39.8. The van der Waals surface area contributed by atoms with Crippen LogP contribution in [-0.2, 0) is 6.18 Å². The molecule has 0 radical (unpaired) electrons. The number of carboxylic acids is 4. The number of para-hydroxylation sites is 1. The number of hydrogen-bond acceptors (Lipinski definition) is 6. The number of thiophene rings is 1. The Kier molecular flexibility index (Phi) is 18.0. The third-order valence-corrected chi connectivity index (χ3v) is 12.3. The molecule has 1 heterocycles. The fourth-order valence-electron chi connectivity index (χ4n) is 7.74. The van der Waals surface area contributed by atoms with E-state index < -0.39 is 35.6 Å². The Balaban J connectivity index is 0.000000177. The molecule has 0 fully saturated rings. The van der Waals surface area contributed by atoms with E-state index in [1.807, 2.05) is 75.4 Å². The zero-order valence-corrected chi connectivity index (χ0v) is 40.7. The van der Waals surface area contributed by atoms with Crippen molar-refractivity contribution < 1.29 is 57.5 Å². The number of rotatable bonds is 9. The minimum Gasteiger partial charge on any atom is -0.496 e. The van der Waals surface area contributed by atoms with Gasteiger partial charge in [-0.15, -0.1) is 0 Å². The second-order valence-electron chi connectivity index (χ2n) is 16.4. The Bertz CT molecular complexity index is 3220. The molecule has 364 valence electrons. The summed E-state index contributed by atoms with van der Waals surface area (Å²) in [4.78, 5) is 43.4. The third-order valence-electron chi connectivity index (χ3n) is 11.4. The van der Waals surface area contributed by atoms with Gasteiger partial charge < -0.3 is 25.2 Å².